The molecule has 0 saturated heterocycles. The number of ether oxygens (including phenoxy) is 1. The van der Waals surface area contributed by atoms with E-state index in [0.29, 0.717) is 0 Å². The molecule has 0 aliphatic rings. The first kappa shape index (κ1) is 13.3. The van der Waals surface area contributed by atoms with Crippen LogP contribution in [-0.4, -0.2) is 19.3 Å². The van der Waals surface area contributed by atoms with Crippen LogP contribution in [0, 0.1) is 0 Å². The SMILES string of the molecule is CC(CNCc1ccco1)OCCc1cccs1. The van der Waals surface area contributed by atoms with Crippen molar-refractivity contribution in [1.29, 1.82) is 0 Å². The summed E-state index contributed by atoms with van der Waals surface area (Å²) in [5, 5.41) is 5.42. The average molecular weight is 265 g/mol. The van der Waals surface area contributed by atoms with Crippen LogP contribution in [-0.2, 0) is 17.7 Å². The Kier molecular flexibility index (Phi) is 5.45. The molecule has 2 aromatic heterocycles. The molecule has 0 aliphatic carbocycles. The van der Waals surface area contributed by atoms with Crippen molar-refractivity contribution in [3.8, 4) is 0 Å². The van der Waals surface area contributed by atoms with Gasteiger partial charge in [0.1, 0.15) is 5.76 Å². The van der Waals surface area contributed by atoms with Crippen LogP contribution >= 0.6 is 11.3 Å². The summed E-state index contributed by atoms with van der Waals surface area (Å²) in [5.74, 6) is 0.959. The maximum Gasteiger partial charge on any atom is 0.117 e. The molecule has 0 aliphatic heterocycles. The van der Waals surface area contributed by atoms with Crippen LogP contribution in [0.15, 0.2) is 40.3 Å². The summed E-state index contributed by atoms with van der Waals surface area (Å²) in [6.45, 7) is 4.46. The van der Waals surface area contributed by atoms with Crippen LogP contribution in [0.2, 0.25) is 0 Å². The summed E-state index contributed by atoms with van der Waals surface area (Å²) in [4.78, 5) is 1.38. The molecular formula is C14H19NO2S. The van der Waals surface area contributed by atoms with Gasteiger partial charge >= 0.3 is 0 Å². The standard InChI is InChI=1S/C14H19NO2S/c1-12(10-15-11-13-4-2-7-17-13)16-8-6-14-5-3-9-18-14/h2-5,7,9,12,15H,6,8,10-11H2,1H3. The van der Waals surface area contributed by atoms with Crippen molar-refractivity contribution in [3.05, 3.63) is 46.5 Å². The number of rotatable bonds is 8. The Balaban J connectivity index is 1.53. The first-order chi connectivity index (χ1) is 8.84. The van der Waals surface area contributed by atoms with Gasteiger partial charge in [-0.3, -0.25) is 0 Å². The molecule has 0 saturated carbocycles. The van der Waals surface area contributed by atoms with E-state index in [0.717, 1.165) is 31.9 Å². The van der Waals surface area contributed by atoms with E-state index >= 15 is 0 Å². The lowest BCUT2D eigenvalue weighted by Crippen LogP contribution is -2.27. The van der Waals surface area contributed by atoms with Crippen molar-refractivity contribution in [3.63, 3.8) is 0 Å². The van der Waals surface area contributed by atoms with Crippen molar-refractivity contribution >= 4 is 11.3 Å². The van der Waals surface area contributed by atoms with Gasteiger partial charge in [-0.2, -0.15) is 0 Å². The maximum atomic E-state index is 5.75. The third-order valence-electron chi connectivity index (χ3n) is 2.64. The van der Waals surface area contributed by atoms with Gasteiger partial charge in [0.05, 0.1) is 25.5 Å². The Labute approximate surface area is 112 Å². The van der Waals surface area contributed by atoms with Gasteiger partial charge in [-0.25, -0.2) is 0 Å². The van der Waals surface area contributed by atoms with E-state index in [-0.39, 0.29) is 6.10 Å². The van der Waals surface area contributed by atoms with Gasteiger partial charge in [-0.1, -0.05) is 6.07 Å². The minimum Gasteiger partial charge on any atom is -0.468 e. The molecule has 2 heterocycles. The summed E-state index contributed by atoms with van der Waals surface area (Å²) in [6.07, 6.45) is 2.91. The van der Waals surface area contributed by atoms with Crippen molar-refractivity contribution in [2.24, 2.45) is 0 Å². The van der Waals surface area contributed by atoms with Gasteiger partial charge in [0.25, 0.3) is 0 Å². The van der Waals surface area contributed by atoms with Crippen molar-refractivity contribution in [2.45, 2.75) is 26.0 Å². The highest BCUT2D eigenvalue weighted by molar-refractivity contribution is 7.09. The van der Waals surface area contributed by atoms with E-state index in [2.05, 4.69) is 29.8 Å². The number of hydrogen-bond donors (Lipinski definition) is 1. The summed E-state index contributed by atoms with van der Waals surface area (Å²) >= 11 is 1.78. The second-order valence-electron chi connectivity index (χ2n) is 4.22. The number of thiophene rings is 1. The molecule has 4 heteroatoms. The molecule has 0 fully saturated rings. The minimum absolute atomic E-state index is 0.222. The quantitative estimate of drug-likeness (QED) is 0.796. The zero-order valence-electron chi connectivity index (χ0n) is 10.6. The molecule has 18 heavy (non-hydrogen) atoms. The molecule has 1 unspecified atom stereocenters. The van der Waals surface area contributed by atoms with Gasteiger partial charge in [-0.05, 0) is 30.5 Å². The summed E-state index contributed by atoms with van der Waals surface area (Å²) < 4.78 is 11.0. The zero-order chi connectivity index (χ0) is 12.6. The highest BCUT2D eigenvalue weighted by Crippen LogP contribution is 2.09. The molecular weight excluding hydrogens is 246 g/mol. The molecule has 1 N–H and O–H groups in total. The lowest BCUT2D eigenvalue weighted by atomic mass is 10.3. The Morgan fingerprint density at radius 2 is 2.33 bits per heavy atom. The Morgan fingerprint density at radius 1 is 1.39 bits per heavy atom. The smallest absolute Gasteiger partial charge is 0.117 e. The monoisotopic (exact) mass is 265 g/mol. The Bertz CT molecular complexity index is 371. The van der Waals surface area contributed by atoms with E-state index in [9.17, 15) is 0 Å². The van der Waals surface area contributed by atoms with Gasteiger partial charge < -0.3 is 14.5 Å². The molecule has 0 aromatic carbocycles. The van der Waals surface area contributed by atoms with Gasteiger partial charge in [-0.15, -0.1) is 11.3 Å². The van der Waals surface area contributed by atoms with E-state index < -0.39 is 0 Å². The number of nitrogens with one attached hydrogen (secondary N) is 1. The molecule has 0 radical (unpaired) electrons. The zero-order valence-corrected chi connectivity index (χ0v) is 11.4. The molecule has 98 valence electrons. The Morgan fingerprint density at radius 3 is 3.06 bits per heavy atom. The van der Waals surface area contributed by atoms with Crippen LogP contribution in [0.1, 0.15) is 17.6 Å². The maximum absolute atomic E-state index is 5.75. The largest absolute Gasteiger partial charge is 0.468 e. The fourth-order valence-electron chi connectivity index (χ4n) is 1.69. The topological polar surface area (TPSA) is 34.4 Å². The molecule has 0 spiro atoms. The third-order valence-corrected chi connectivity index (χ3v) is 3.58. The predicted octanol–water partition coefficient (Wildman–Crippen LogP) is 3.08. The van der Waals surface area contributed by atoms with Crippen LogP contribution in [0.3, 0.4) is 0 Å². The fraction of sp³-hybridized carbons (Fsp3) is 0.429. The number of hydrogen-bond acceptors (Lipinski definition) is 4. The van der Waals surface area contributed by atoms with Gasteiger partial charge in [0, 0.05) is 17.8 Å². The van der Waals surface area contributed by atoms with E-state index in [4.69, 9.17) is 9.15 Å². The van der Waals surface area contributed by atoms with Gasteiger partial charge in [0.15, 0.2) is 0 Å². The van der Waals surface area contributed by atoms with E-state index in [1.807, 2.05) is 12.1 Å². The van der Waals surface area contributed by atoms with Crippen LogP contribution < -0.4 is 5.32 Å². The molecule has 0 amide bonds. The third kappa shape index (κ3) is 4.64. The van der Waals surface area contributed by atoms with Crippen molar-refractivity contribution in [2.75, 3.05) is 13.2 Å². The predicted molar refractivity (Wildman–Crippen MR) is 73.9 cm³/mol. The first-order valence-corrected chi connectivity index (χ1v) is 7.09. The molecule has 0 bridgehead atoms. The van der Waals surface area contributed by atoms with E-state index in [1.165, 1.54) is 4.88 Å². The van der Waals surface area contributed by atoms with Gasteiger partial charge in [0.2, 0.25) is 0 Å². The Hall–Kier alpha value is -1.10. The second-order valence-corrected chi connectivity index (χ2v) is 5.25. The minimum atomic E-state index is 0.222. The summed E-state index contributed by atoms with van der Waals surface area (Å²) in [7, 11) is 0. The molecule has 2 aromatic rings. The number of furan rings is 1. The lowest BCUT2D eigenvalue weighted by molar-refractivity contribution is 0.0680. The summed E-state index contributed by atoms with van der Waals surface area (Å²) in [5.41, 5.74) is 0. The molecule has 2 rings (SSSR count). The highest BCUT2D eigenvalue weighted by atomic mass is 32.1. The lowest BCUT2D eigenvalue weighted by Gasteiger charge is -2.13. The van der Waals surface area contributed by atoms with E-state index in [1.54, 1.807) is 17.6 Å². The molecule has 1 atom stereocenters. The molecule has 3 nitrogen and oxygen atoms in total. The second kappa shape index (κ2) is 7.36. The van der Waals surface area contributed by atoms with Crippen LogP contribution in [0.5, 0.6) is 0 Å². The fourth-order valence-corrected chi connectivity index (χ4v) is 2.38. The van der Waals surface area contributed by atoms with Crippen molar-refractivity contribution < 1.29 is 9.15 Å². The normalized spacial score (nSPS) is 12.7. The average Bonchev–Trinajstić information content (AvgIpc) is 3.01. The highest BCUT2D eigenvalue weighted by Gasteiger charge is 2.03. The van der Waals surface area contributed by atoms with Crippen molar-refractivity contribution in [1.82, 2.24) is 5.32 Å². The van der Waals surface area contributed by atoms with Crippen LogP contribution in [0.25, 0.3) is 0 Å². The van der Waals surface area contributed by atoms with Crippen LogP contribution in [0.4, 0.5) is 0 Å². The first-order valence-electron chi connectivity index (χ1n) is 6.21. The summed E-state index contributed by atoms with van der Waals surface area (Å²) in [6, 6.07) is 8.09.